The number of aromatic nitrogens is 1. The van der Waals surface area contributed by atoms with Gasteiger partial charge < -0.3 is 13.7 Å². The SMILES string of the molecule is C=CCOc1ccc2c(C)c(Cc3ccnc(N[S+](C)[O-])c3F)c(=O)oc2c1. The molecule has 0 fully saturated rings. The van der Waals surface area contributed by atoms with E-state index in [2.05, 4.69) is 16.3 Å². The van der Waals surface area contributed by atoms with Crippen molar-refractivity contribution in [3.05, 3.63) is 76.0 Å². The Morgan fingerprint density at radius 1 is 1.43 bits per heavy atom. The van der Waals surface area contributed by atoms with E-state index in [4.69, 9.17) is 9.15 Å². The third kappa shape index (κ3) is 4.18. The molecule has 3 aromatic rings. The molecule has 1 aromatic carbocycles. The number of benzene rings is 1. The molecule has 28 heavy (non-hydrogen) atoms. The maximum atomic E-state index is 14.7. The summed E-state index contributed by atoms with van der Waals surface area (Å²) in [5.41, 5.74) is 1.15. The number of anilines is 1. The van der Waals surface area contributed by atoms with Crippen LogP contribution >= 0.6 is 0 Å². The fraction of sp³-hybridized carbons (Fsp3) is 0.200. The first-order chi connectivity index (χ1) is 13.4. The van der Waals surface area contributed by atoms with Gasteiger partial charge in [-0.3, -0.25) is 0 Å². The number of hydrogen-bond acceptors (Lipinski definition) is 6. The molecule has 1 atom stereocenters. The van der Waals surface area contributed by atoms with Gasteiger partial charge in [0.05, 0.1) is 11.4 Å². The number of nitrogens with zero attached hydrogens (tertiary/aromatic N) is 1. The quantitative estimate of drug-likeness (QED) is 0.370. The van der Waals surface area contributed by atoms with Crippen LogP contribution in [0.5, 0.6) is 5.75 Å². The lowest BCUT2D eigenvalue weighted by Crippen LogP contribution is -2.15. The summed E-state index contributed by atoms with van der Waals surface area (Å²) in [7, 11) is 0. The van der Waals surface area contributed by atoms with Crippen LogP contribution in [-0.2, 0) is 17.8 Å². The van der Waals surface area contributed by atoms with Crippen LogP contribution in [0, 0.1) is 12.7 Å². The Labute approximate surface area is 164 Å². The molecule has 0 radical (unpaired) electrons. The van der Waals surface area contributed by atoms with Gasteiger partial charge in [0.2, 0.25) is 5.82 Å². The molecule has 0 aliphatic carbocycles. The summed E-state index contributed by atoms with van der Waals surface area (Å²) < 4.78 is 39.3. The predicted molar refractivity (Wildman–Crippen MR) is 108 cm³/mol. The van der Waals surface area contributed by atoms with Crippen LogP contribution in [0.1, 0.15) is 16.7 Å². The molecule has 1 unspecified atom stereocenters. The molecule has 1 N–H and O–H groups in total. The standard InChI is InChI=1S/C20H19FN2O4S/c1-4-9-26-14-5-6-15-12(2)16(20(24)27-17(15)11-14)10-13-7-8-22-19(18(13)21)23-28(3)25/h4-8,11H,1,9-10H2,2-3H3,(H,22,23). The summed E-state index contributed by atoms with van der Waals surface area (Å²) >= 11 is -1.46. The van der Waals surface area contributed by atoms with Crippen molar-refractivity contribution in [1.29, 1.82) is 0 Å². The molecule has 8 heteroatoms. The molecule has 3 rings (SSSR count). The van der Waals surface area contributed by atoms with E-state index >= 15 is 0 Å². The Kier molecular flexibility index (Phi) is 6.01. The zero-order valence-electron chi connectivity index (χ0n) is 15.5. The normalized spacial score (nSPS) is 12.0. The Morgan fingerprint density at radius 3 is 2.93 bits per heavy atom. The van der Waals surface area contributed by atoms with E-state index in [1.165, 1.54) is 18.5 Å². The molecule has 146 valence electrons. The summed E-state index contributed by atoms with van der Waals surface area (Å²) in [4.78, 5) is 16.4. The Morgan fingerprint density at radius 2 is 2.21 bits per heavy atom. The highest BCUT2D eigenvalue weighted by Gasteiger charge is 2.17. The third-order valence-corrected chi connectivity index (χ3v) is 4.68. The van der Waals surface area contributed by atoms with Crippen molar-refractivity contribution < 1.29 is 18.1 Å². The largest absolute Gasteiger partial charge is 0.593 e. The average molecular weight is 402 g/mol. The maximum Gasteiger partial charge on any atom is 0.340 e. The Bertz CT molecular complexity index is 1080. The lowest BCUT2D eigenvalue weighted by molar-refractivity contribution is 0.363. The summed E-state index contributed by atoms with van der Waals surface area (Å²) in [6, 6.07) is 6.69. The minimum atomic E-state index is -1.46. The van der Waals surface area contributed by atoms with Gasteiger partial charge in [-0.05, 0) is 36.2 Å². The highest BCUT2D eigenvalue weighted by atomic mass is 32.2. The molecule has 0 saturated carbocycles. The number of rotatable bonds is 7. The minimum absolute atomic E-state index is 0.0260. The molecule has 6 nitrogen and oxygen atoms in total. The Hall–Kier alpha value is -2.84. The summed E-state index contributed by atoms with van der Waals surface area (Å²) in [6.45, 7) is 5.72. The van der Waals surface area contributed by atoms with Crippen LogP contribution in [0.25, 0.3) is 11.0 Å². The van der Waals surface area contributed by atoms with E-state index in [1.54, 1.807) is 31.2 Å². The van der Waals surface area contributed by atoms with Crippen molar-refractivity contribution in [1.82, 2.24) is 4.98 Å². The molecule has 0 spiro atoms. The molecule has 0 aliphatic heterocycles. The highest BCUT2D eigenvalue weighted by Crippen LogP contribution is 2.26. The molecule has 0 saturated heterocycles. The van der Waals surface area contributed by atoms with Crippen molar-refractivity contribution in [3.63, 3.8) is 0 Å². The van der Waals surface area contributed by atoms with Gasteiger partial charge in [-0.1, -0.05) is 12.7 Å². The first kappa shape index (κ1) is 19.9. The van der Waals surface area contributed by atoms with Crippen molar-refractivity contribution in [2.75, 3.05) is 17.6 Å². The van der Waals surface area contributed by atoms with Crippen molar-refractivity contribution in [2.45, 2.75) is 13.3 Å². The third-order valence-electron chi connectivity index (χ3n) is 4.20. The van der Waals surface area contributed by atoms with Crippen LogP contribution in [0.4, 0.5) is 10.2 Å². The smallest absolute Gasteiger partial charge is 0.340 e. The van der Waals surface area contributed by atoms with Crippen molar-refractivity contribution in [2.24, 2.45) is 0 Å². The van der Waals surface area contributed by atoms with Gasteiger partial charge in [0, 0.05) is 29.6 Å². The van der Waals surface area contributed by atoms with E-state index in [9.17, 15) is 13.7 Å². The summed E-state index contributed by atoms with van der Waals surface area (Å²) in [6.07, 6.45) is 4.42. The van der Waals surface area contributed by atoms with Crippen molar-refractivity contribution >= 4 is 28.1 Å². The fourth-order valence-corrected chi connectivity index (χ4v) is 3.26. The van der Waals surface area contributed by atoms with E-state index in [-0.39, 0.29) is 17.8 Å². The monoisotopic (exact) mass is 402 g/mol. The fourth-order valence-electron chi connectivity index (χ4n) is 2.84. The van der Waals surface area contributed by atoms with E-state index in [0.717, 1.165) is 5.39 Å². The van der Waals surface area contributed by atoms with Gasteiger partial charge >= 0.3 is 5.63 Å². The van der Waals surface area contributed by atoms with Gasteiger partial charge in [0.25, 0.3) is 0 Å². The number of pyridine rings is 1. The zero-order valence-corrected chi connectivity index (χ0v) is 16.3. The minimum Gasteiger partial charge on any atom is -0.593 e. The van der Waals surface area contributed by atoms with Gasteiger partial charge in [0.1, 0.15) is 24.2 Å². The summed E-state index contributed by atoms with van der Waals surface area (Å²) in [5.74, 6) is -0.207. The molecule has 0 bridgehead atoms. The number of hydrogen-bond donors (Lipinski definition) is 1. The molecular weight excluding hydrogens is 383 g/mol. The average Bonchev–Trinajstić information content (AvgIpc) is 2.65. The van der Waals surface area contributed by atoms with E-state index in [0.29, 0.717) is 29.1 Å². The molecule has 0 amide bonds. The van der Waals surface area contributed by atoms with Crippen LogP contribution in [-0.4, -0.2) is 22.4 Å². The highest BCUT2D eigenvalue weighted by molar-refractivity contribution is 7.92. The number of aryl methyl sites for hydroxylation is 1. The second-order valence-corrected chi connectivity index (χ2v) is 7.23. The van der Waals surface area contributed by atoms with Crippen LogP contribution in [0.15, 0.2) is 52.3 Å². The van der Waals surface area contributed by atoms with E-state index < -0.39 is 22.8 Å². The maximum absolute atomic E-state index is 14.7. The first-order valence-corrected chi connectivity index (χ1v) is 10.00. The lowest BCUT2D eigenvalue weighted by atomic mass is 10.00. The number of halogens is 1. The van der Waals surface area contributed by atoms with Gasteiger partial charge in [-0.15, -0.1) is 0 Å². The van der Waals surface area contributed by atoms with Gasteiger partial charge in [-0.2, -0.15) is 4.72 Å². The van der Waals surface area contributed by atoms with Gasteiger partial charge in [0.15, 0.2) is 5.82 Å². The second-order valence-electron chi connectivity index (χ2n) is 6.12. The molecule has 0 aliphatic rings. The van der Waals surface area contributed by atoms with Crippen LogP contribution in [0.2, 0.25) is 0 Å². The molecule has 2 aromatic heterocycles. The predicted octanol–water partition coefficient (Wildman–Crippen LogP) is 3.50. The molecule has 2 heterocycles. The van der Waals surface area contributed by atoms with Gasteiger partial charge in [-0.25, -0.2) is 14.2 Å². The topological polar surface area (TPSA) is 87.4 Å². The Balaban J connectivity index is 2.00. The number of nitrogens with one attached hydrogen (secondary N) is 1. The summed E-state index contributed by atoms with van der Waals surface area (Å²) in [5, 5.41) is 0.739. The zero-order chi connectivity index (χ0) is 20.3. The lowest BCUT2D eigenvalue weighted by Gasteiger charge is -2.12. The van der Waals surface area contributed by atoms with Crippen LogP contribution < -0.4 is 15.1 Å². The van der Waals surface area contributed by atoms with Crippen molar-refractivity contribution in [3.8, 4) is 5.75 Å². The molecular formula is C20H19FN2O4S. The number of fused-ring (bicyclic) bond motifs is 1. The second kappa shape index (κ2) is 8.45. The van der Waals surface area contributed by atoms with Crippen LogP contribution in [0.3, 0.4) is 0 Å². The van der Waals surface area contributed by atoms with E-state index in [1.807, 2.05) is 0 Å². The first-order valence-electron chi connectivity index (χ1n) is 8.44. The number of ether oxygens (including phenoxy) is 1.